The molecule has 18 heavy (non-hydrogen) atoms. The first-order valence-corrected chi connectivity index (χ1v) is 7.15. The maximum absolute atomic E-state index is 5.83. The van der Waals surface area contributed by atoms with Crippen LogP contribution in [0.25, 0.3) is 6.08 Å². The Morgan fingerprint density at radius 2 is 2.06 bits per heavy atom. The molecule has 1 aromatic rings. The molecule has 0 aromatic heterocycles. The van der Waals surface area contributed by atoms with E-state index in [1.54, 1.807) is 13.2 Å². The maximum Gasteiger partial charge on any atom is 0.175 e. The van der Waals surface area contributed by atoms with Gasteiger partial charge in [-0.15, -0.1) is 0 Å². The van der Waals surface area contributed by atoms with Gasteiger partial charge < -0.3 is 9.47 Å². The lowest BCUT2D eigenvalue weighted by atomic mass is 10.2. The molecule has 0 atom stereocenters. The Morgan fingerprint density at radius 3 is 2.67 bits per heavy atom. The molecule has 0 aliphatic carbocycles. The van der Waals surface area contributed by atoms with E-state index in [4.69, 9.17) is 9.47 Å². The predicted octanol–water partition coefficient (Wildman–Crippen LogP) is 5.06. The van der Waals surface area contributed by atoms with Crippen molar-refractivity contribution in [2.24, 2.45) is 0 Å². The van der Waals surface area contributed by atoms with Gasteiger partial charge in [0, 0.05) is 0 Å². The Balaban J connectivity index is 2.69. The molecule has 0 N–H and O–H groups in total. The van der Waals surface area contributed by atoms with E-state index >= 15 is 0 Å². The third-order valence-corrected chi connectivity index (χ3v) is 3.59. The van der Waals surface area contributed by atoms with Crippen LogP contribution in [0.2, 0.25) is 0 Å². The lowest BCUT2D eigenvalue weighted by Gasteiger charge is -2.14. The second-order valence-electron chi connectivity index (χ2n) is 4.11. The fourth-order valence-electron chi connectivity index (χ4n) is 1.71. The van der Waals surface area contributed by atoms with E-state index in [0.717, 1.165) is 34.6 Å². The number of ether oxygens (including phenoxy) is 2. The van der Waals surface area contributed by atoms with Crippen LogP contribution in [0, 0.1) is 0 Å². The van der Waals surface area contributed by atoms with Crippen molar-refractivity contribution in [3.63, 3.8) is 0 Å². The highest BCUT2D eigenvalue weighted by Gasteiger charge is 2.11. The van der Waals surface area contributed by atoms with E-state index in [2.05, 4.69) is 29.4 Å². The van der Waals surface area contributed by atoms with Crippen LogP contribution in [-0.4, -0.2) is 13.7 Å². The molecule has 0 saturated carbocycles. The predicted molar refractivity (Wildman–Crippen MR) is 80.4 cm³/mol. The molecule has 0 bridgehead atoms. The summed E-state index contributed by atoms with van der Waals surface area (Å²) in [7, 11) is 1.65. The van der Waals surface area contributed by atoms with Gasteiger partial charge in [-0.25, -0.2) is 0 Å². The third-order valence-electron chi connectivity index (χ3n) is 2.77. The first kappa shape index (κ1) is 15.1. The second-order valence-corrected chi connectivity index (χ2v) is 4.91. The largest absolute Gasteiger partial charge is 0.493 e. The Morgan fingerprint density at radius 1 is 1.28 bits per heavy atom. The molecular formula is C15H21BrO2. The molecule has 0 radical (unpaired) electrons. The van der Waals surface area contributed by atoms with Gasteiger partial charge in [-0.05, 0) is 40.0 Å². The van der Waals surface area contributed by atoms with Crippen LogP contribution in [-0.2, 0) is 0 Å². The minimum absolute atomic E-state index is 0.718. The molecule has 3 heteroatoms. The summed E-state index contributed by atoms with van der Waals surface area (Å²) in [5.41, 5.74) is 1.01. The van der Waals surface area contributed by atoms with Crippen LogP contribution in [0.1, 0.15) is 38.2 Å². The molecule has 0 aliphatic heterocycles. The van der Waals surface area contributed by atoms with E-state index < -0.39 is 0 Å². The zero-order valence-corrected chi connectivity index (χ0v) is 12.8. The standard InChI is InChI=1S/C15H21BrO2/c1-4-6-7-8-11-18-15-13(17-3)10-9-12(5-2)14(15)16/h5,9-10H,2,4,6-8,11H2,1,3H3. The molecule has 1 aromatic carbocycles. The summed E-state index contributed by atoms with van der Waals surface area (Å²) in [6, 6.07) is 3.86. The average Bonchev–Trinajstić information content (AvgIpc) is 2.39. The lowest BCUT2D eigenvalue weighted by molar-refractivity contribution is 0.283. The number of unbranched alkanes of at least 4 members (excludes halogenated alkanes) is 3. The fraction of sp³-hybridized carbons (Fsp3) is 0.467. The van der Waals surface area contributed by atoms with Crippen molar-refractivity contribution in [2.75, 3.05) is 13.7 Å². The molecule has 1 rings (SSSR count). The van der Waals surface area contributed by atoms with Gasteiger partial charge in [0.2, 0.25) is 0 Å². The molecule has 0 unspecified atom stereocenters. The average molecular weight is 313 g/mol. The summed E-state index contributed by atoms with van der Waals surface area (Å²) < 4.78 is 12.1. The first-order valence-electron chi connectivity index (χ1n) is 6.36. The normalized spacial score (nSPS) is 10.2. The Kier molecular flexibility index (Phi) is 6.88. The highest BCUT2D eigenvalue weighted by molar-refractivity contribution is 9.10. The van der Waals surface area contributed by atoms with Gasteiger partial charge in [0.25, 0.3) is 0 Å². The van der Waals surface area contributed by atoms with Gasteiger partial charge in [-0.1, -0.05) is 38.8 Å². The van der Waals surface area contributed by atoms with Crippen LogP contribution in [0.3, 0.4) is 0 Å². The van der Waals surface area contributed by atoms with Gasteiger partial charge in [0.15, 0.2) is 11.5 Å². The van der Waals surface area contributed by atoms with Crippen LogP contribution in [0.15, 0.2) is 23.2 Å². The highest BCUT2D eigenvalue weighted by atomic mass is 79.9. The Labute approximate surface area is 118 Å². The summed E-state index contributed by atoms with van der Waals surface area (Å²) in [4.78, 5) is 0. The zero-order valence-electron chi connectivity index (χ0n) is 11.2. The molecule has 0 aliphatic rings. The lowest BCUT2D eigenvalue weighted by Crippen LogP contribution is -2.01. The van der Waals surface area contributed by atoms with Gasteiger partial charge in [-0.2, -0.15) is 0 Å². The van der Waals surface area contributed by atoms with Crippen LogP contribution in [0.5, 0.6) is 11.5 Å². The van der Waals surface area contributed by atoms with Crippen molar-refractivity contribution < 1.29 is 9.47 Å². The molecule has 0 fully saturated rings. The second kappa shape index (κ2) is 8.20. The van der Waals surface area contributed by atoms with E-state index in [1.165, 1.54) is 19.3 Å². The zero-order chi connectivity index (χ0) is 13.4. The smallest absolute Gasteiger partial charge is 0.175 e. The van der Waals surface area contributed by atoms with Crippen LogP contribution < -0.4 is 9.47 Å². The molecule has 0 heterocycles. The number of rotatable bonds is 8. The van der Waals surface area contributed by atoms with Crippen LogP contribution >= 0.6 is 15.9 Å². The monoisotopic (exact) mass is 312 g/mol. The highest BCUT2D eigenvalue weighted by Crippen LogP contribution is 2.38. The number of benzene rings is 1. The molecule has 0 spiro atoms. The molecule has 100 valence electrons. The first-order chi connectivity index (χ1) is 8.74. The van der Waals surface area contributed by atoms with Gasteiger partial charge >= 0.3 is 0 Å². The number of hydrogen-bond acceptors (Lipinski definition) is 2. The fourth-order valence-corrected chi connectivity index (χ4v) is 2.31. The van der Waals surface area contributed by atoms with Gasteiger partial charge in [0.1, 0.15) is 0 Å². The van der Waals surface area contributed by atoms with Gasteiger partial charge in [-0.3, -0.25) is 0 Å². The Bertz CT molecular complexity index is 388. The number of hydrogen-bond donors (Lipinski definition) is 0. The number of methoxy groups -OCH3 is 1. The molecular weight excluding hydrogens is 292 g/mol. The van der Waals surface area contributed by atoms with E-state index in [0.29, 0.717) is 0 Å². The summed E-state index contributed by atoms with van der Waals surface area (Å²) in [5, 5.41) is 0. The minimum atomic E-state index is 0.718. The van der Waals surface area contributed by atoms with Crippen molar-refractivity contribution in [3.8, 4) is 11.5 Å². The van der Waals surface area contributed by atoms with E-state index in [9.17, 15) is 0 Å². The number of halogens is 1. The Hall–Kier alpha value is -0.960. The third kappa shape index (κ3) is 4.05. The van der Waals surface area contributed by atoms with Gasteiger partial charge in [0.05, 0.1) is 18.2 Å². The topological polar surface area (TPSA) is 18.5 Å². The SMILES string of the molecule is C=Cc1ccc(OC)c(OCCCCCC)c1Br. The maximum atomic E-state index is 5.83. The molecule has 0 saturated heterocycles. The molecule has 0 amide bonds. The summed E-state index contributed by atoms with van der Waals surface area (Å²) in [5.74, 6) is 1.52. The van der Waals surface area contributed by atoms with E-state index in [-0.39, 0.29) is 0 Å². The van der Waals surface area contributed by atoms with Crippen molar-refractivity contribution in [3.05, 3.63) is 28.7 Å². The van der Waals surface area contributed by atoms with Crippen molar-refractivity contribution in [1.29, 1.82) is 0 Å². The van der Waals surface area contributed by atoms with Crippen LogP contribution in [0.4, 0.5) is 0 Å². The van der Waals surface area contributed by atoms with Crippen molar-refractivity contribution in [2.45, 2.75) is 32.6 Å². The van der Waals surface area contributed by atoms with Crippen molar-refractivity contribution in [1.82, 2.24) is 0 Å². The summed E-state index contributed by atoms with van der Waals surface area (Å²) in [6.45, 7) is 6.70. The quantitative estimate of drug-likeness (QED) is 0.625. The summed E-state index contributed by atoms with van der Waals surface area (Å²) in [6.07, 6.45) is 6.57. The van der Waals surface area contributed by atoms with Crippen molar-refractivity contribution >= 4 is 22.0 Å². The molecule has 2 nitrogen and oxygen atoms in total. The van der Waals surface area contributed by atoms with E-state index in [1.807, 2.05) is 12.1 Å². The minimum Gasteiger partial charge on any atom is -0.493 e. The summed E-state index contributed by atoms with van der Waals surface area (Å²) >= 11 is 3.54.